The summed E-state index contributed by atoms with van der Waals surface area (Å²) in [4.78, 5) is 17.7. The van der Waals surface area contributed by atoms with Gasteiger partial charge in [0.25, 0.3) is 0 Å². The van der Waals surface area contributed by atoms with Crippen LogP contribution in [0.25, 0.3) is 10.2 Å². The van der Waals surface area contributed by atoms with Gasteiger partial charge in [-0.25, -0.2) is 13.4 Å². The van der Waals surface area contributed by atoms with Crippen LogP contribution in [-0.2, 0) is 20.0 Å². The third-order valence-corrected chi connectivity index (χ3v) is 7.34. The number of nitrogens with zero attached hydrogens (tertiary/aromatic N) is 1. The number of carbonyl (C=O) groups is 1. The van der Waals surface area contributed by atoms with E-state index in [0.717, 1.165) is 29.5 Å². The number of hydrogen-bond donors (Lipinski definition) is 1. The Morgan fingerprint density at radius 1 is 1.19 bits per heavy atom. The molecular formula is C19H17ClN2O3S2. The molecule has 0 spiro atoms. The van der Waals surface area contributed by atoms with Crippen molar-refractivity contribution in [2.45, 2.75) is 29.6 Å². The molecule has 1 aromatic heterocycles. The predicted octanol–water partition coefficient (Wildman–Crippen LogP) is 4.41. The van der Waals surface area contributed by atoms with Crippen LogP contribution in [0.2, 0.25) is 5.02 Å². The van der Waals surface area contributed by atoms with Crippen molar-refractivity contribution < 1.29 is 13.2 Å². The van der Waals surface area contributed by atoms with Crippen molar-refractivity contribution in [1.29, 1.82) is 0 Å². The lowest BCUT2D eigenvalue weighted by Gasteiger charge is -2.40. The van der Waals surface area contributed by atoms with E-state index in [1.807, 2.05) is 12.1 Å². The van der Waals surface area contributed by atoms with Crippen LogP contribution in [0.1, 0.15) is 24.8 Å². The summed E-state index contributed by atoms with van der Waals surface area (Å²) in [6.07, 6.45) is 3.73. The number of fused-ring (bicyclic) bond motifs is 1. The number of hydrogen-bond acceptors (Lipinski definition) is 5. The molecule has 1 aliphatic rings. The summed E-state index contributed by atoms with van der Waals surface area (Å²) in [5.74, 6) is -0.0848. The summed E-state index contributed by atoms with van der Waals surface area (Å²) in [5.41, 5.74) is 1.06. The normalized spacial score (nSPS) is 16.1. The molecule has 5 nitrogen and oxygen atoms in total. The zero-order chi connectivity index (χ0) is 19.2. The molecule has 4 rings (SSSR count). The van der Waals surface area contributed by atoms with Crippen molar-refractivity contribution in [2.75, 3.05) is 11.6 Å². The fourth-order valence-electron chi connectivity index (χ4n) is 3.35. The highest BCUT2D eigenvalue weighted by molar-refractivity contribution is 7.90. The lowest BCUT2D eigenvalue weighted by Crippen LogP contribution is -2.45. The first-order valence-corrected chi connectivity index (χ1v) is 11.5. The standard InChI is InChI=1S/C19H17ClN2O3S2/c1-27(24,25)14-7-8-15-16(11-14)26-18(21-15)22-17(23)19(9-2-10-19)12-3-5-13(20)6-4-12/h3-8,11H,2,9-10H2,1H3,(H,21,22,23). The van der Waals surface area contributed by atoms with Crippen LogP contribution in [0.3, 0.4) is 0 Å². The molecule has 140 valence electrons. The van der Waals surface area contributed by atoms with Gasteiger partial charge in [-0.05, 0) is 48.7 Å². The molecule has 0 aliphatic heterocycles. The van der Waals surface area contributed by atoms with Crippen LogP contribution in [0, 0.1) is 0 Å². The van der Waals surface area contributed by atoms with Crippen LogP contribution in [0.15, 0.2) is 47.4 Å². The van der Waals surface area contributed by atoms with Gasteiger partial charge in [-0.1, -0.05) is 41.5 Å². The van der Waals surface area contributed by atoms with E-state index < -0.39 is 15.3 Å². The first kappa shape index (κ1) is 18.4. The van der Waals surface area contributed by atoms with Gasteiger partial charge in [0.05, 0.1) is 20.5 Å². The summed E-state index contributed by atoms with van der Waals surface area (Å²) in [6, 6.07) is 12.2. The Hall–Kier alpha value is -1.96. The molecule has 0 radical (unpaired) electrons. The van der Waals surface area contributed by atoms with Gasteiger partial charge in [0.15, 0.2) is 15.0 Å². The topological polar surface area (TPSA) is 76.1 Å². The molecule has 1 amide bonds. The maximum absolute atomic E-state index is 13.0. The molecule has 0 atom stereocenters. The Bertz CT molecular complexity index is 1130. The number of benzene rings is 2. The van der Waals surface area contributed by atoms with Crippen LogP contribution < -0.4 is 5.32 Å². The van der Waals surface area contributed by atoms with E-state index in [0.29, 0.717) is 15.7 Å². The number of rotatable bonds is 4. The highest BCUT2D eigenvalue weighted by Gasteiger charge is 2.45. The van der Waals surface area contributed by atoms with Gasteiger partial charge in [0.2, 0.25) is 5.91 Å². The summed E-state index contributed by atoms with van der Waals surface area (Å²) >= 11 is 7.25. The van der Waals surface area contributed by atoms with E-state index in [4.69, 9.17) is 11.6 Å². The number of carbonyl (C=O) groups excluding carboxylic acids is 1. The molecule has 1 aliphatic carbocycles. The molecule has 1 saturated carbocycles. The van der Waals surface area contributed by atoms with Gasteiger partial charge < -0.3 is 5.32 Å². The highest BCUT2D eigenvalue weighted by atomic mass is 35.5. The summed E-state index contributed by atoms with van der Waals surface area (Å²) in [5, 5.41) is 4.04. The van der Waals surface area contributed by atoms with Gasteiger partial charge in [-0.3, -0.25) is 4.79 Å². The minimum atomic E-state index is -3.28. The lowest BCUT2D eigenvalue weighted by molar-refractivity contribution is -0.124. The summed E-state index contributed by atoms with van der Waals surface area (Å²) in [6.45, 7) is 0. The van der Waals surface area contributed by atoms with Crippen LogP contribution >= 0.6 is 22.9 Å². The monoisotopic (exact) mass is 420 g/mol. The minimum Gasteiger partial charge on any atom is -0.301 e. The first-order valence-electron chi connectivity index (χ1n) is 8.46. The van der Waals surface area contributed by atoms with Gasteiger partial charge in [-0.2, -0.15) is 0 Å². The Morgan fingerprint density at radius 2 is 1.89 bits per heavy atom. The van der Waals surface area contributed by atoms with Crippen molar-refractivity contribution in [3.63, 3.8) is 0 Å². The molecule has 0 bridgehead atoms. The van der Waals surface area contributed by atoms with Crippen molar-refractivity contribution in [3.8, 4) is 0 Å². The zero-order valence-electron chi connectivity index (χ0n) is 14.5. The zero-order valence-corrected chi connectivity index (χ0v) is 16.9. The molecule has 1 heterocycles. The molecule has 8 heteroatoms. The number of nitrogens with one attached hydrogen (secondary N) is 1. The first-order chi connectivity index (χ1) is 12.8. The van der Waals surface area contributed by atoms with Gasteiger partial charge in [-0.15, -0.1) is 0 Å². The van der Waals surface area contributed by atoms with E-state index in [2.05, 4.69) is 10.3 Å². The quantitative estimate of drug-likeness (QED) is 0.678. The van der Waals surface area contributed by atoms with E-state index in [-0.39, 0.29) is 10.8 Å². The minimum absolute atomic E-state index is 0.0848. The molecule has 1 fully saturated rings. The molecule has 2 aromatic carbocycles. The van der Waals surface area contributed by atoms with Gasteiger partial charge >= 0.3 is 0 Å². The molecule has 3 aromatic rings. The highest BCUT2D eigenvalue weighted by Crippen LogP contribution is 2.45. The lowest BCUT2D eigenvalue weighted by atomic mass is 9.64. The van der Waals surface area contributed by atoms with E-state index >= 15 is 0 Å². The second-order valence-corrected chi connectivity index (χ2v) is 10.3. The van der Waals surface area contributed by atoms with Gasteiger partial charge in [0, 0.05) is 11.3 Å². The van der Waals surface area contributed by atoms with Crippen LogP contribution in [0.5, 0.6) is 0 Å². The Labute approximate surface area is 166 Å². The fourth-order valence-corrected chi connectivity index (χ4v) is 5.10. The number of sulfone groups is 1. The van der Waals surface area contributed by atoms with Crippen LogP contribution in [-0.4, -0.2) is 25.6 Å². The molecule has 1 N–H and O–H groups in total. The number of anilines is 1. The predicted molar refractivity (Wildman–Crippen MR) is 108 cm³/mol. The molecular weight excluding hydrogens is 404 g/mol. The average Bonchev–Trinajstić information content (AvgIpc) is 2.96. The van der Waals surface area contributed by atoms with Gasteiger partial charge in [0.1, 0.15) is 0 Å². The maximum atomic E-state index is 13.0. The Balaban J connectivity index is 1.63. The number of halogens is 1. The van der Waals surface area contributed by atoms with Crippen LogP contribution in [0.4, 0.5) is 5.13 Å². The van der Waals surface area contributed by atoms with Crippen molar-refractivity contribution in [3.05, 3.63) is 53.1 Å². The molecule has 27 heavy (non-hydrogen) atoms. The smallest absolute Gasteiger partial charge is 0.236 e. The van der Waals surface area contributed by atoms with E-state index in [1.54, 1.807) is 24.3 Å². The van der Waals surface area contributed by atoms with Crippen molar-refractivity contribution in [2.24, 2.45) is 0 Å². The second kappa shape index (κ2) is 6.58. The van der Waals surface area contributed by atoms with Crippen molar-refractivity contribution in [1.82, 2.24) is 4.98 Å². The largest absolute Gasteiger partial charge is 0.301 e. The summed E-state index contributed by atoms with van der Waals surface area (Å²) in [7, 11) is -3.28. The second-order valence-electron chi connectivity index (χ2n) is 6.82. The SMILES string of the molecule is CS(=O)(=O)c1ccc2nc(NC(=O)C3(c4ccc(Cl)cc4)CCC3)sc2c1. The average molecular weight is 421 g/mol. The fraction of sp³-hybridized carbons (Fsp3) is 0.263. The molecule has 0 saturated heterocycles. The Kier molecular flexibility index (Phi) is 4.49. The third kappa shape index (κ3) is 3.35. The summed E-state index contributed by atoms with van der Waals surface area (Å²) < 4.78 is 24.2. The maximum Gasteiger partial charge on any atom is 0.236 e. The number of amides is 1. The molecule has 0 unspecified atom stereocenters. The van der Waals surface area contributed by atoms with Crippen molar-refractivity contribution >= 4 is 54.0 Å². The third-order valence-electron chi connectivity index (χ3n) is 5.05. The van der Waals surface area contributed by atoms with E-state index in [9.17, 15) is 13.2 Å². The number of aromatic nitrogens is 1. The van der Waals surface area contributed by atoms with E-state index in [1.165, 1.54) is 23.7 Å². The Morgan fingerprint density at radius 3 is 2.48 bits per heavy atom. The number of thiazole rings is 1.